The minimum absolute atomic E-state index is 0.00153. The normalized spacial score (nSPS) is 15.4. The van der Waals surface area contributed by atoms with Crippen LogP contribution in [0.5, 0.6) is 11.5 Å². The van der Waals surface area contributed by atoms with Crippen LogP contribution in [0.1, 0.15) is 26.7 Å². The smallest absolute Gasteiger partial charge is 0.353 e. The molecule has 0 saturated heterocycles. The molecule has 28 heavy (non-hydrogen) atoms. The lowest BCUT2D eigenvalue weighted by atomic mass is 9.83. The van der Waals surface area contributed by atoms with Gasteiger partial charge in [0.15, 0.2) is 0 Å². The van der Waals surface area contributed by atoms with Crippen LogP contribution in [0.3, 0.4) is 0 Å². The zero-order valence-electron chi connectivity index (χ0n) is 14.4. The molecule has 7 heteroatoms. The summed E-state index contributed by atoms with van der Waals surface area (Å²) >= 11 is 7.67. The van der Waals surface area contributed by atoms with Crippen molar-refractivity contribution < 1.29 is 14.3 Å². The van der Waals surface area contributed by atoms with E-state index in [1.54, 1.807) is 41.8 Å². The van der Waals surface area contributed by atoms with Gasteiger partial charge >= 0.3 is 5.97 Å². The second kappa shape index (κ2) is 7.39. The number of hydrogen-bond donors (Lipinski definition) is 1. The van der Waals surface area contributed by atoms with E-state index in [0.717, 1.165) is 11.1 Å². The van der Waals surface area contributed by atoms with E-state index >= 15 is 0 Å². The molecule has 1 unspecified atom stereocenters. The Labute approximate surface area is 170 Å². The van der Waals surface area contributed by atoms with E-state index in [-0.39, 0.29) is 11.5 Å². The highest BCUT2D eigenvalue weighted by atomic mass is 35.5. The number of thiophene rings is 1. The Morgan fingerprint density at radius 1 is 1.18 bits per heavy atom. The number of allylic oxidation sites excluding steroid dienone is 1. The third-order valence-electron chi connectivity index (χ3n) is 4.34. The van der Waals surface area contributed by atoms with Gasteiger partial charge < -0.3 is 15.2 Å². The molecule has 5 nitrogen and oxygen atoms in total. The predicted octanol–water partition coefficient (Wildman–Crippen LogP) is 4.84. The van der Waals surface area contributed by atoms with Crippen LogP contribution >= 0.6 is 22.9 Å². The molecular formula is C21H13ClN2O3S. The number of nitrogens with two attached hydrogens (primary N) is 1. The summed E-state index contributed by atoms with van der Waals surface area (Å²) < 4.78 is 11.1. The lowest BCUT2D eigenvalue weighted by molar-refractivity contribution is 0.0739. The molecule has 0 saturated carbocycles. The first-order valence-electron chi connectivity index (χ1n) is 8.30. The molecule has 3 aromatic rings. The molecule has 2 N–H and O–H groups in total. The number of nitriles is 1. The SMILES string of the molecule is N#CC1=C(N)Oc2cc(OC(=O)c3cccs3)ccc2C1c1ccccc1Cl. The second-order valence-electron chi connectivity index (χ2n) is 6.01. The number of rotatable bonds is 3. The van der Waals surface area contributed by atoms with Gasteiger partial charge in [0.25, 0.3) is 0 Å². The number of ether oxygens (including phenoxy) is 2. The number of hydrogen-bond acceptors (Lipinski definition) is 6. The first-order valence-corrected chi connectivity index (χ1v) is 9.56. The Morgan fingerprint density at radius 2 is 2.00 bits per heavy atom. The maximum atomic E-state index is 12.2. The van der Waals surface area contributed by atoms with Crippen molar-refractivity contribution >= 4 is 28.9 Å². The average Bonchev–Trinajstić information content (AvgIpc) is 3.22. The molecule has 0 fully saturated rings. The summed E-state index contributed by atoms with van der Waals surface area (Å²) in [5, 5.41) is 11.9. The van der Waals surface area contributed by atoms with E-state index < -0.39 is 11.9 Å². The van der Waals surface area contributed by atoms with Crippen molar-refractivity contribution in [3.63, 3.8) is 0 Å². The largest absolute Gasteiger partial charge is 0.440 e. The van der Waals surface area contributed by atoms with Crippen LogP contribution in [0.2, 0.25) is 5.02 Å². The summed E-state index contributed by atoms with van der Waals surface area (Å²) in [6.45, 7) is 0. The van der Waals surface area contributed by atoms with E-state index in [1.807, 2.05) is 18.2 Å². The quantitative estimate of drug-likeness (QED) is 0.495. The molecular weight excluding hydrogens is 396 g/mol. The van der Waals surface area contributed by atoms with Crippen LogP contribution < -0.4 is 15.2 Å². The van der Waals surface area contributed by atoms with Crippen LogP contribution in [0, 0.1) is 11.3 Å². The molecule has 0 amide bonds. The molecule has 0 spiro atoms. The van der Waals surface area contributed by atoms with E-state index in [1.165, 1.54) is 11.3 Å². The summed E-state index contributed by atoms with van der Waals surface area (Å²) in [6.07, 6.45) is 0. The topological polar surface area (TPSA) is 85.3 Å². The van der Waals surface area contributed by atoms with Crippen molar-refractivity contribution in [2.24, 2.45) is 5.73 Å². The molecule has 0 radical (unpaired) electrons. The minimum atomic E-state index is -0.468. The van der Waals surface area contributed by atoms with Gasteiger partial charge in [-0.25, -0.2) is 4.79 Å². The number of halogens is 1. The Kier molecular flexibility index (Phi) is 4.78. The van der Waals surface area contributed by atoms with E-state index in [0.29, 0.717) is 21.4 Å². The number of carbonyl (C=O) groups excluding carboxylic acids is 1. The highest BCUT2D eigenvalue weighted by molar-refractivity contribution is 7.12. The van der Waals surface area contributed by atoms with Gasteiger partial charge in [-0.2, -0.15) is 5.26 Å². The third kappa shape index (κ3) is 3.22. The van der Waals surface area contributed by atoms with Crippen LogP contribution in [0.4, 0.5) is 0 Å². The minimum Gasteiger partial charge on any atom is -0.440 e. The first kappa shape index (κ1) is 18.1. The summed E-state index contributed by atoms with van der Waals surface area (Å²) in [5.41, 5.74) is 7.74. The second-order valence-corrected chi connectivity index (χ2v) is 7.37. The lowest BCUT2D eigenvalue weighted by Gasteiger charge is -2.27. The number of esters is 1. The van der Waals surface area contributed by atoms with Gasteiger partial charge in [-0.05, 0) is 29.1 Å². The summed E-state index contributed by atoms with van der Waals surface area (Å²) in [5.74, 6) is -0.179. The van der Waals surface area contributed by atoms with Crippen molar-refractivity contribution in [1.82, 2.24) is 0 Å². The van der Waals surface area contributed by atoms with E-state index in [2.05, 4.69) is 6.07 Å². The van der Waals surface area contributed by atoms with Gasteiger partial charge in [-0.1, -0.05) is 41.9 Å². The standard InChI is InChI=1S/C21H13ClN2O3S/c22-16-5-2-1-4-13(16)19-14-8-7-12(26-21(25)18-6-3-9-28-18)10-17(14)27-20(24)15(19)11-23/h1-10,19H,24H2. The fourth-order valence-corrected chi connectivity index (χ4v) is 3.92. The maximum absolute atomic E-state index is 12.2. The first-order chi connectivity index (χ1) is 13.6. The maximum Gasteiger partial charge on any atom is 0.353 e. The average molecular weight is 409 g/mol. The van der Waals surface area contributed by atoms with Gasteiger partial charge in [0.1, 0.15) is 28.0 Å². The monoisotopic (exact) mass is 408 g/mol. The molecule has 4 rings (SSSR count). The van der Waals surface area contributed by atoms with Crippen LogP contribution in [-0.4, -0.2) is 5.97 Å². The highest BCUT2D eigenvalue weighted by Crippen LogP contribution is 2.45. The molecule has 1 aliphatic rings. The van der Waals surface area contributed by atoms with Crippen molar-refractivity contribution in [3.05, 3.63) is 92.5 Å². The Hall–Kier alpha value is -3.27. The third-order valence-corrected chi connectivity index (χ3v) is 5.53. The van der Waals surface area contributed by atoms with Crippen LogP contribution in [-0.2, 0) is 0 Å². The molecule has 0 bridgehead atoms. The zero-order valence-corrected chi connectivity index (χ0v) is 16.0. The molecule has 2 heterocycles. The fourth-order valence-electron chi connectivity index (χ4n) is 3.08. The number of nitrogens with zero attached hydrogens (tertiary/aromatic N) is 1. The Balaban J connectivity index is 1.74. The van der Waals surface area contributed by atoms with Gasteiger partial charge in [0.05, 0.1) is 5.92 Å². The molecule has 0 aliphatic carbocycles. The molecule has 1 aliphatic heterocycles. The molecule has 138 valence electrons. The van der Waals surface area contributed by atoms with Gasteiger partial charge in [-0.15, -0.1) is 11.3 Å². The predicted molar refractivity (Wildman–Crippen MR) is 106 cm³/mol. The number of carbonyl (C=O) groups is 1. The van der Waals surface area contributed by atoms with Crippen LogP contribution in [0.25, 0.3) is 0 Å². The summed E-state index contributed by atoms with van der Waals surface area (Å²) in [7, 11) is 0. The molecule has 1 atom stereocenters. The van der Waals surface area contributed by atoms with Crippen molar-refractivity contribution in [2.75, 3.05) is 0 Å². The van der Waals surface area contributed by atoms with Crippen molar-refractivity contribution in [3.8, 4) is 17.6 Å². The number of benzene rings is 2. The zero-order chi connectivity index (χ0) is 19.7. The fraction of sp³-hybridized carbons (Fsp3) is 0.0476. The lowest BCUT2D eigenvalue weighted by Crippen LogP contribution is -2.21. The Morgan fingerprint density at radius 3 is 2.71 bits per heavy atom. The highest BCUT2D eigenvalue weighted by Gasteiger charge is 2.32. The van der Waals surface area contributed by atoms with E-state index in [9.17, 15) is 10.1 Å². The van der Waals surface area contributed by atoms with E-state index in [4.69, 9.17) is 26.8 Å². The van der Waals surface area contributed by atoms with Crippen molar-refractivity contribution in [1.29, 1.82) is 5.26 Å². The summed E-state index contributed by atoms with van der Waals surface area (Å²) in [6, 6.07) is 17.9. The van der Waals surface area contributed by atoms with Crippen LogP contribution in [0.15, 0.2) is 71.4 Å². The number of fused-ring (bicyclic) bond motifs is 1. The van der Waals surface area contributed by atoms with Crippen molar-refractivity contribution in [2.45, 2.75) is 5.92 Å². The van der Waals surface area contributed by atoms with Gasteiger partial charge in [0.2, 0.25) is 5.88 Å². The molecule has 1 aromatic heterocycles. The Bertz CT molecular complexity index is 1130. The molecule has 2 aromatic carbocycles. The van der Waals surface area contributed by atoms with Gasteiger partial charge in [0, 0.05) is 16.7 Å². The summed E-state index contributed by atoms with van der Waals surface area (Å²) in [4.78, 5) is 12.7. The van der Waals surface area contributed by atoms with Gasteiger partial charge in [-0.3, -0.25) is 0 Å².